The van der Waals surface area contributed by atoms with E-state index in [2.05, 4.69) is 19.1 Å². The number of benzene rings is 2. The minimum absolute atomic E-state index is 0.215. The van der Waals surface area contributed by atoms with E-state index in [1.54, 1.807) is 18.2 Å². The highest BCUT2D eigenvalue weighted by molar-refractivity contribution is 5.92. The Labute approximate surface area is 190 Å². The number of carboxylic acids is 1. The zero-order chi connectivity index (χ0) is 23.5. The van der Waals surface area contributed by atoms with E-state index in [-0.39, 0.29) is 17.6 Å². The third-order valence-electron chi connectivity index (χ3n) is 6.12. The van der Waals surface area contributed by atoms with Crippen molar-refractivity contribution in [2.75, 3.05) is 6.61 Å². The maximum atomic E-state index is 11.2. The molecular weight excluding hydrogens is 404 g/mol. The number of hydrogen-bond donors (Lipinski definition) is 2. The predicted molar refractivity (Wildman–Crippen MR) is 127 cm³/mol. The van der Waals surface area contributed by atoms with Crippen LogP contribution in [0.15, 0.2) is 46.9 Å². The van der Waals surface area contributed by atoms with Crippen LogP contribution in [0.2, 0.25) is 0 Å². The highest BCUT2D eigenvalue weighted by Crippen LogP contribution is 2.31. The molecule has 172 valence electrons. The molecule has 5 heteroatoms. The number of aliphatic hydroxyl groups is 1. The van der Waals surface area contributed by atoms with Crippen LogP contribution >= 0.6 is 0 Å². The van der Waals surface area contributed by atoms with Gasteiger partial charge in [-0.05, 0) is 66.5 Å². The molecule has 32 heavy (non-hydrogen) atoms. The highest BCUT2D eigenvalue weighted by atomic mass is 16.5. The Bertz CT molecular complexity index is 1070. The fourth-order valence-electron chi connectivity index (χ4n) is 3.77. The standard InChI is InChI=1S/C27H34O5/c1-6-18(9-11-22-14-20-7-8-21(26(29)30)15-24(20)32-22)19-10-12-23(17(2)13-19)31-16-25(28)27(3,4)5/h7-8,10,12-15,18,25,28H,6,9,11,16H2,1-5H3,(H,29,30). The van der Waals surface area contributed by atoms with Gasteiger partial charge < -0.3 is 19.4 Å². The van der Waals surface area contributed by atoms with Crippen molar-refractivity contribution in [1.29, 1.82) is 0 Å². The van der Waals surface area contributed by atoms with Gasteiger partial charge in [-0.15, -0.1) is 0 Å². The number of furan rings is 1. The molecule has 0 spiro atoms. The number of aromatic carboxylic acids is 1. The summed E-state index contributed by atoms with van der Waals surface area (Å²) in [4.78, 5) is 11.2. The minimum Gasteiger partial charge on any atom is -0.491 e. The molecule has 0 aliphatic carbocycles. The van der Waals surface area contributed by atoms with Gasteiger partial charge in [0.1, 0.15) is 23.7 Å². The molecule has 5 nitrogen and oxygen atoms in total. The van der Waals surface area contributed by atoms with Crippen LogP contribution in [-0.4, -0.2) is 28.9 Å². The Morgan fingerprint density at radius 1 is 1.12 bits per heavy atom. The second-order valence-electron chi connectivity index (χ2n) is 9.63. The summed E-state index contributed by atoms with van der Waals surface area (Å²) in [5, 5.41) is 20.3. The Morgan fingerprint density at radius 2 is 1.88 bits per heavy atom. The normalized spacial score (nSPS) is 13.8. The van der Waals surface area contributed by atoms with Crippen LogP contribution < -0.4 is 4.74 Å². The van der Waals surface area contributed by atoms with Gasteiger partial charge in [-0.1, -0.05) is 45.9 Å². The maximum absolute atomic E-state index is 11.2. The molecule has 0 saturated carbocycles. The molecule has 2 unspecified atom stereocenters. The van der Waals surface area contributed by atoms with Crippen LogP contribution in [0.3, 0.4) is 0 Å². The van der Waals surface area contributed by atoms with E-state index < -0.39 is 12.1 Å². The summed E-state index contributed by atoms with van der Waals surface area (Å²) in [6, 6.07) is 13.3. The highest BCUT2D eigenvalue weighted by Gasteiger charge is 2.23. The molecule has 2 N–H and O–H groups in total. The largest absolute Gasteiger partial charge is 0.491 e. The van der Waals surface area contributed by atoms with E-state index in [0.29, 0.717) is 11.5 Å². The van der Waals surface area contributed by atoms with E-state index in [1.807, 2.05) is 39.8 Å². The minimum atomic E-state index is -0.952. The third-order valence-corrected chi connectivity index (χ3v) is 6.12. The molecule has 1 aromatic heterocycles. The number of carboxylic acid groups (broad SMARTS) is 1. The average Bonchev–Trinajstić information content (AvgIpc) is 3.14. The molecule has 3 rings (SSSR count). The van der Waals surface area contributed by atoms with E-state index in [0.717, 1.165) is 41.7 Å². The molecule has 3 aromatic rings. The van der Waals surface area contributed by atoms with Crippen LogP contribution in [0.5, 0.6) is 5.75 Å². The number of ether oxygens (including phenoxy) is 1. The second-order valence-corrected chi connectivity index (χ2v) is 9.63. The topological polar surface area (TPSA) is 79.9 Å². The molecule has 0 amide bonds. The first-order valence-corrected chi connectivity index (χ1v) is 11.3. The zero-order valence-electron chi connectivity index (χ0n) is 19.6. The SMILES string of the molecule is CCC(CCc1cc2ccc(C(=O)O)cc2o1)c1ccc(OCC(O)C(C)(C)C)c(C)c1. The lowest BCUT2D eigenvalue weighted by molar-refractivity contribution is 0.0216. The van der Waals surface area contributed by atoms with Crippen molar-refractivity contribution in [3.8, 4) is 5.75 Å². The van der Waals surface area contributed by atoms with Gasteiger partial charge in [0.2, 0.25) is 0 Å². The number of rotatable bonds is 9. The van der Waals surface area contributed by atoms with Gasteiger partial charge in [0.15, 0.2) is 0 Å². The molecule has 0 radical (unpaired) electrons. The van der Waals surface area contributed by atoms with Crippen LogP contribution in [0.1, 0.15) is 73.7 Å². The lowest BCUT2D eigenvalue weighted by Crippen LogP contribution is -2.32. The fourth-order valence-corrected chi connectivity index (χ4v) is 3.77. The smallest absolute Gasteiger partial charge is 0.335 e. The Kier molecular flexibility index (Phi) is 7.29. The first-order valence-electron chi connectivity index (χ1n) is 11.3. The fraction of sp³-hybridized carbons (Fsp3) is 0.444. The van der Waals surface area contributed by atoms with Gasteiger partial charge in [-0.2, -0.15) is 0 Å². The van der Waals surface area contributed by atoms with Crippen LogP contribution in [0.25, 0.3) is 11.0 Å². The molecule has 0 saturated heterocycles. The lowest BCUT2D eigenvalue weighted by atomic mass is 9.89. The van der Waals surface area contributed by atoms with Crippen molar-refractivity contribution in [1.82, 2.24) is 0 Å². The van der Waals surface area contributed by atoms with Crippen molar-refractivity contribution >= 4 is 16.9 Å². The molecule has 2 atom stereocenters. The van der Waals surface area contributed by atoms with Gasteiger partial charge in [0, 0.05) is 11.8 Å². The number of fused-ring (bicyclic) bond motifs is 1. The number of aryl methyl sites for hydroxylation is 2. The predicted octanol–water partition coefficient (Wildman–Crippen LogP) is 6.35. The average molecular weight is 439 g/mol. The molecule has 0 aliphatic rings. The van der Waals surface area contributed by atoms with Crippen molar-refractivity contribution in [3.63, 3.8) is 0 Å². The molecular formula is C27H34O5. The first-order chi connectivity index (χ1) is 15.1. The second kappa shape index (κ2) is 9.78. The number of aliphatic hydroxyl groups excluding tert-OH is 1. The summed E-state index contributed by atoms with van der Waals surface area (Å²) in [6.07, 6.45) is 2.20. The van der Waals surface area contributed by atoms with Gasteiger partial charge in [-0.3, -0.25) is 0 Å². The molecule has 0 fully saturated rings. The van der Waals surface area contributed by atoms with E-state index >= 15 is 0 Å². The van der Waals surface area contributed by atoms with Gasteiger partial charge >= 0.3 is 5.97 Å². The van der Waals surface area contributed by atoms with Gasteiger partial charge in [-0.25, -0.2) is 4.79 Å². The molecule has 1 heterocycles. The quantitative estimate of drug-likeness (QED) is 0.407. The van der Waals surface area contributed by atoms with E-state index in [9.17, 15) is 9.90 Å². The van der Waals surface area contributed by atoms with Crippen LogP contribution in [-0.2, 0) is 6.42 Å². The summed E-state index contributed by atoms with van der Waals surface area (Å²) < 4.78 is 11.8. The van der Waals surface area contributed by atoms with Crippen molar-refractivity contribution in [2.24, 2.45) is 5.41 Å². The first kappa shape index (κ1) is 23.9. The summed E-state index contributed by atoms with van der Waals surface area (Å²) in [5.74, 6) is 1.10. The molecule has 0 aliphatic heterocycles. The summed E-state index contributed by atoms with van der Waals surface area (Å²) in [6.45, 7) is 10.5. The lowest BCUT2D eigenvalue weighted by Gasteiger charge is -2.26. The zero-order valence-corrected chi connectivity index (χ0v) is 19.6. The Balaban J connectivity index is 1.66. The van der Waals surface area contributed by atoms with Crippen LogP contribution in [0.4, 0.5) is 0 Å². The van der Waals surface area contributed by atoms with Crippen molar-refractivity contribution in [2.45, 2.75) is 65.9 Å². The monoisotopic (exact) mass is 438 g/mol. The van der Waals surface area contributed by atoms with Crippen LogP contribution in [0, 0.1) is 12.3 Å². The third kappa shape index (κ3) is 5.71. The van der Waals surface area contributed by atoms with E-state index in [4.69, 9.17) is 14.3 Å². The summed E-state index contributed by atoms with van der Waals surface area (Å²) >= 11 is 0. The number of carbonyl (C=O) groups is 1. The summed E-state index contributed by atoms with van der Waals surface area (Å²) in [7, 11) is 0. The Hall–Kier alpha value is -2.79. The maximum Gasteiger partial charge on any atom is 0.335 e. The van der Waals surface area contributed by atoms with Gasteiger partial charge in [0.05, 0.1) is 11.7 Å². The molecule has 2 aromatic carbocycles. The number of hydrogen-bond acceptors (Lipinski definition) is 4. The van der Waals surface area contributed by atoms with Gasteiger partial charge in [0.25, 0.3) is 0 Å². The van der Waals surface area contributed by atoms with Crippen molar-refractivity contribution in [3.05, 3.63) is 64.9 Å². The Morgan fingerprint density at radius 3 is 2.50 bits per heavy atom. The summed E-state index contributed by atoms with van der Waals surface area (Å²) in [5.41, 5.74) is 2.96. The van der Waals surface area contributed by atoms with E-state index in [1.165, 1.54) is 5.56 Å². The molecule has 0 bridgehead atoms. The van der Waals surface area contributed by atoms with Crippen molar-refractivity contribution < 1.29 is 24.2 Å².